The van der Waals surface area contributed by atoms with Crippen LogP contribution in [0.3, 0.4) is 0 Å². The second-order valence-electron chi connectivity index (χ2n) is 7.02. The number of rotatable bonds is 6. The van der Waals surface area contributed by atoms with Gasteiger partial charge in [-0.05, 0) is 42.0 Å². The molecule has 0 aliphatic rings. The number of hydrogen-bond donors (Lipinski definition) is 2. The van der Waals surface area contributed by atoms with E-state index in [2.05, 4.69) is 20.3 Å². The van der Waals surface area contributed by atoms with E-state index in [4.69, 9.17) is 0 Å². The van der Waals surface area contributed by atoms with Gasteiger partial charge in [-0.3, -0.25) is 20.1 Å². The third-order valence-electron chi connectivity index (χ3n) is 4.84. The van der Waals surface area contributed by atoms with Gasteiger partial charge in [-0.25, -0.2) is 4.98 Å². The number of anilines is 1. The van der Waals surface area contributed by atoms with Gasteiger partial charge < -0.3 is 9.67 Å². The Kier molecular flexibility index (Phi) is 5.87. The summed E-state index contributed by atoms with van der Waals surface area (Å²) in [6.07, 6.45) is -4.24. The van der Waals surface area contributed by atoms with Gasteiger partial charge in [0.05, 0.1) is 11.0 Å². The van der Waals surface area contributed by atoms with Gasteiger partial charge in [0, 0.05) is 31.1 Å². The number of aryl methyl sites for hydroxylation is 2. The van der Waals surface area contributed by atoms with Gasteiger partial charge in [0.15, 0.2) is 6.10 Å². The molecule has 2 N–H and O–H groups in total. The number of imidazole rings is 1. The Morgan fingerprint density at radius 3 is 2.59 bits per heavy atom. The fourth-order valence-electron chi connectivity index (χ4n) is 3.27. The molecule has 0 spiro atoms. The monoisotopic (exact) mass is 441 g/mol. The number of pyridine rings is 2. The zero-order chi connectivity index (χ0) is 22.7. The molecule has 0 bridgehead atoms. The van der Waals surface area contributed by atoms with Gasteiger partial charge in [0.2, 0.25) is 5.95 Å². The topological polar surface area (TPSA) is 92.9 Å². The molecule has 0 aliphatic carbocycles. The van der Waals surface area contributed by atoms with Crippen LogP contribution in [-0.4, -0.2) is 36.7 Å². The number of carbonyl (C=O) groups is 1. The number of hydrogen-bond acceptors (Lipinski definition) is 5. The molecule has 3 heterocycles. The predicted octanol–water partition coefficient (Wildman–Crippen LogP) is 3.92. The number of fused-ring (bicyclic) bond motifs is 1. The minimum absolute atomic E-state index is 0.232. The van der Waals surface area contributed by atoms with Crippen LogP contribution in [0.5, 0.6) is 0 Å². The molecule has 164 valence electrons. The molecule has 7 nitrogen and oxygen atoms in total. The lowest BCUT2D eigenvalue weighted by atomic mass is 10.1. The van der Waals surface area contributed by atoms with E-state index in [1.807, 2.05) is 36.4 Å². The van der Waals surface area contributed by atoms with Crippen LogP contribution in [-0.2, 0) is 13.0 Å². The molecule has 3 aromatic heterocycles. The molecule has 32 heavy (non-hydrogen) atoms. The van der Waals surface area contributed by atoms with Crippen LogP contribution in [0.1, 0.15) is 27.8 Å². The van der Waals surface area contributed by atoms with Crippen molar-refractivity contribution in [1.82, 2.24) is 19.5 Å². The fourth-order valence-corrected chi connectivity index (χ4v) is 3.27. The standard InChI is InChI=1S/C22H18F3N5O2/c23-22(24,25)19(31)14-8-11-27-17(13-14)20(32)29-21-28-16-6-1-2-7-18(16)30(21)12-9-15-5-3-4-10-26-15/h1-8,10-11,13,19,31H,9,12H2,(H,28,29,32). The maximum Gasteiger partial charge on any atom is 0.418 e. The summed E-state index contributed by atoms with van der Waals surface area (Å²) < 4.78 is 40.3. The second kappa shape index (κ2) is 8.75. The molecule has 1 amide bonds. The number of aromatic nitrogens is 4. The zero-order valence-electron chi connectivity index (χ0n) is 16.6. The number of aliphatic hydroxyl groups excluding tert-OH is 1. The molecule has 1 aromatic carbocycles. The molecular weight excluding hydrogens is 423 g/mol. The van der Waals surface area contributed by atoms with Crippen LogP contribution in [0.25, 0.3) is 11.0 Å². The number of aliphatic hydroxyl groups is 1. The van der Waals surface area contributed by atoms with Crippen molar-refractivity contribution in [3.63, 3.8) is 0 Å². The first-order valence-corrected chi connectivity index (χ1v) is 9.70. The van der Waals surface area contributed by atoms with Crippen molar-refractivity contribution >= 4 is 22.9 Å². The predicted molar refractivity (Wildman–Crippen MR) is 111 cm³/mol. The maximum absolute atomic E-state index is 12.8. The van der Waals surface area contributed by atoms with Crippen LogP contribution in [0, 0.1) is 0 Å². The lowest BCUT2D eigenvalue weighted by molar-refractivity contribution is -0.206. The quantitative estimate of drug-likeness (QED) is 0.473. The van der Waals surface area contributed by atoms with Crippen LogP contribution in [0.2, 0.25) is 0 Å². The Labute approximate surface area is 180 Å². The molecule has 0 radical (unpaired) electrons. The SMILES string of the molecule is O=C(Nc1nc2ccccc2n1CCc1ccccn1)c1cc(C(O)C(F)(F)F)ccn1. The number of para-hydroxylation sites is 2. The van der Waals surface area contributed by atoms with Crippen molar-refractivity contribution in [2.45, 2.75) is 25.2 Å². The van der Waals surface area contributed by atoms with Crippen molar-refractivity contribution in [3.05, 3.63) is 83.9 Å². The van der Waals surface area contributed by atoms with E-state index in [0.29, 0.717) is 18.5 Å². The van der Waals surface area contributed by atoms with E-state index in [1.54, 1.807) is 16.8 Å². The van der Waals surface area contributed by atoms with E-state index in [-0.39, 0.29) is 11.6 Å². The Hall–Kier alpha value is -3.79. The molecule has 4 rings (SSSR count). The molecule has 0 aliphatic heterocycles. The van der Waals surface area contributed by atoms with Gasteiger partial charge in [0.1, 0.15) is 5.69 Å². The Morgan fingerprint density at radius 2 is 1.84 bits per heavy atom. The fraction of sp³-hybridized carbons (Fsp3) is 0.182. The van der Waals surface area contributed by atoms with E-state index in [0.717, 1.165) is 29.5 Å². The smallest absolute Gasteiger partial charge is 0.379 e. The molecule has 1 unspecified atom stereocenters. The summed E-state index contributed by atoms with van der Waals surface area (Å²) >= 11 is 0. The maximum atomic E-state index is 12.8. The molecule has 4 aromatic rings. The molecule has 1 atom stereocenters. The number of carbonyl (C=O) groups excluding carboxylic acids is 1. The van der Waals surface area contributed by atoms with Crippen molar-refractivity contribution in [3.8, 4) is 0 Å². The zero-order valence-corrected chi connectivity index (χ0v) is 16.6. The van der Waals surface area contributed by atoms with Crippen LogP contribution in [0.15, 0.2) is 67.0 Å². The summed E-state index contributed by atoms with van der Waals surface area (Å²) in [7, 11) is 0. The Balaban J connectivity index is 1.61. The summed E-state index contributed by atoms with van der Waals surface area (Å²) in [6, 6.07) is 14.8. The highest BCUT2D eigenvalue weighted by molar-refractivity contribution is 6.02. The molecule has 0 saturated heterocycles. The summed E-state index contributed by atoms with van der Waals surface area (Å²) in [6.45, 7) is 0.466. The summed E-state index contributed by atoms with van der Waals surface area (Å²) in [5.41, 5.74) is 1.56. The van der Waals surface area contributed by atoms with Gasteiger partial charge in [-0.2, -0.15) is 13.2 Å². The van der Waals surface area contributed by atoms with Gasteiger partial charge >= 0.3 is 6.18 Å². The summed E-state index contributed by atoms with van der Waals surface area (Å²) in [5, 5.41) is 12.1. The lowest BCUT2D eigenvalue weighted by Gasteiger charge is -2.15. The third kappa shape index (κ3) is 4.59. The first kappa shape index (κ1) is 21.4. The van der Waals surface area contributed by atoms with E-state index < -0.39 is 23.8 Å². The number of nitrogens with one attached hydrogen (secondary N) is 1. The largest absolute Gasteiger partial charge is 0.418 e. The average Bonchev–Trinajstić information content (AvgIpc) is 3.14. The molecule has 0 fully saturated rings. The van der Waals surface area contributed by atoms with Gasteiger partial charge in [-0.1, -0.05) is 18.2 Å². The highest BCUT2D eigenvalue weighted by atomic mass is 19.4. The number of nitrogens with zero attached hydrogens (tertiary/aromatic N) is 4. The lowest BCUT2D eigenvalue weighted by Crippen LogP contribution is -2.22. The number of alkyl halides is 3. The molecule has 10 heteroatoms. The average molecular weight is 441 g/mol. The van der Waals surface area contributed by atoms with Crippen molar-refractivity contribution in [2.75, 3.05) is 5.32 Å². The molecular formula is C22H18F3N5O2. The first-order valence-electron chi connectivity index (χ1n) is 9.70. The minimum Gasteiger partial charge on any atom is -0.379 e. The Bertz CT molecular complexity index is 1240. The highest BCUT2D eigenvalue weighted by Crippen LogP contribution is 2.32. The number of amides is 1. The van der Waals surface area contributed by atoms with Gasteiger partial charge in [0.25, 0.3) is 5.91 Å². The number of halogens is 3. The minimum atomic E-state index is -4.85. The van der Waals surface area contributed by atoms with Crippen LogP contribution >= 0.6 is 0 Å². The van der Waals surface area contributed by atoms with Crippen molar-refractivity contribution < 1.29 is 23.1 Å². The van der Waals surface area contributed by atoms with Crippen molar-refractivity contribution in [1.29, 1.82) is 0 Å². The van der Waals surface area contributed by atoms with E-state index >= 15 is 0 Å². The van der Waals surface area contributed by atoms with Gasteiger partial charge in [-0.15, -0.1) is 0 Å². The summed E-state index contributed by atoms with van der Waals surface area (Å²) in [5.74, 6) is -0.508. The van der Waals surface area contributed by atoms with E-state index in [9.17, 15) is 23.1 Å². The van der Waals surface area contributed by atoms with Crippen molar-refractivity contribution in [2.24, 2.45) is 0 Å². The van der Waals surface area contributed by atoms with Crippen LogP contribution < -0.4 is 5.32 Å². The normalized spacial score (nSPS) is 12.6. The van der Waals surface area contributed by atoms with Crippen LogP contribution in [0.4, 0.5) is 19.1 Å². The highest BCUT2D eigenvalue weighted by Gasteiger charge is 2.39. The van der Waals surface area contributed by atoms with E-state index in [1.165, 1.54) is 0 Å². The number of benzene rings is 1. The second-order valence-corrected chi connectivity index (χ2v) is 7.02. The third-order valence-corrected chi connectivity index (χ3v) is 4.84. The Morgan fingerprint density at radius 1 is 1.06 bits per heavy atom. The summed E-state index contributed by atoms with van der Waals surface area (Å²) in [4.78, 5) is 25.3. The first-order chi connectivity index (χ1) is 15.3. The molecule has 0 saturated carbocycles.